The smallest absolute Gasteiger partial charge is 0.192 e. The third-order valence-corrected chi connectivity index (χ3v) is 4.57. The van der Waals surface area contributed by atoms with Crippen LogP contribution in [0.15, 0.2) is 59.6 Å². The van der Waals surface area contributed by atoms with E-state index in [0.717, 1.165) is 17.2 Å². The third-order valence-electron chi connectivity index (χ3n) is 4.57. The summed E-state index contributed by atoms with van der Waals surface area (Å²) in [4.78, 5) is 4.67. The van der Waals surface area contributed by atoms with Gasteiger partial charge in [0.1, 0.15) is 23.5 Å². The van der Waals surface area contributed by atoms with E-state index in [1.54, 1.807) is 12.1 Å². The average Bonchev–Trinajstić information content (AvgIpc) is 3.07. The van der Waals surface area contributed by atoms with E-state index in [2.05, 4.69) is 25.8 Å². The molecule has 30 heavy (non-hydrogen) atoms. The van der Waals surface area contributed by atoms with Crippen LogP contribution in [-0.4, -0.2) is 33.4 Å². The van der Waals surface area contributed by atoms with Crippen molar-refractivity contribution in [1.82, 2.24) is 25.4 Å². The van der Waals surface area contributed by atoms with Gasteiger partial charge >= 0.3 is 0 Å². The fourth-order valence-electron chi connectivity index (χ4n) is 2.72. The van der Waals surface area contributed by atoms with Crippen molar-refractivity contribution in [2.75, 3.05) is 6.54 Å². The Morgan fingerprint density at radius 1 is 1.10 bits per heavy atom. The minimum absolute atomic E-state index is 0.142. The summed E-state index contributed by atoms with van der Waals surface area (Å²) in [6.07, 6.45) is -0.142. The molecule has 1 heterocycles. The number of hydrogen-bond acceptors (Lipinski definition) is 4. The molecule has 3 rings (SSSR count). The number of nitrogens with zero attached hydrogens (tertiary/aromatic N) is 4. The summed E-state index contributed by atoms with van der Waals surface area (Å²) in [6, 6.07) is 16.0. The van der Waals surface area contributed by atoms with Gasteiger partial charge in [0, 0.05) is 7.05 Å². The number of hydrogen-bond donors (Lipinski definition) is 2. The summed E-state index contributed by atoms with van der Waals surface area (Å²) in [5.41, 5.74) is 1.11. The van der Waals surface area contributed by atoms with Gasteiger partial charge in [-0.25, -0.2) is 9.38 Å². The molecule has 0 radical (unpaired) electrons. The number of nitrogens with one attached hydrogen (secondary N) is 2. The fourth-order valence-corrected chi connectivity index (χ4v) is 2.72. The van der Waals surface area contributed by atoms with E-state index >= 15 is 0 Å². The van der Waals surface area contributed by atoms with Crippen molar-refractivity contribution in [3.8, 4) is 5.75 Å². The number of aromatic nitrogens is 3. The minimum atomic E-state index is -0.285. The molecular formula is C22H27FN6O. The highest BCUT2D eigenvalue weighted by atomic mass is 19.1. The van der Waals surface area contributed by atoms with Gasteiger partial charge in [0.15, 0.2) is 11.8 Å². The van der Waals surface area contributed by atoms with Gasteiger partial charge in [-0.15, -0.1) is 10.2 Å². The van der Waals surface area contributed by atoms with E-state index in [4.69, 9.17) is 4.74 Å². The summed E-state index contributed by atoms with van der Waals surface area (Å²) >= 11 is 0. The van der Waals surface area contributed by atoms with Crippen LogP contribution in [0.25, 0.3) is 0 Å². The monoisotopic (exact) mass is 410 g/mol. The first-order chi connectivity index (χ1) is 14.5. The number of aliphatic imine (C=N–C) groups is 1. The molecule has 0 aliphatic heterocycles. The summed E-state index contributed by atoms with van der Waals surface area (Å²) in [5, 5.41) is 14.9. The second kappa shape index (κ2) is 10.4. The van der Waals surface area contributed by atoms with Crippen LogP contribution in [0.4, 0.5) is 4.39 Å². The van der Waals surface area contributed by atoms with Crippen molar-refractivity contribution in [3.63, 3.8) is 0 Å². The molecule has 0 spiro atoms. The standard InChI is InChI=1S/C22H27FN6O/c1-16(30-20-11-9-19(23)10-12-20)13-24-22(25-14-18-7-5-4-6-8-18)26-15-21-28-27-17(2)29(21)3/h4-12,16H,13-15H2,1-3H3,(H2,24,25,26). The molecule has 1 unspecified atom stereocenters. The maximum atomic E-state index is 13.1. The molecule has 1 aromatic heterocycles. The van der Waals surface area contributed by atoms with E-state index < -0.39 is 0 Å². The van der Waals surface area contributed by atoms with Gasteiger partial charge < -0.3 is 19.9 Å². The molecule has 2 N–H and O–H groups in total. The quantitative estimate of drug-likeness (QED) is 0.441. The Labute approximate surface area is 176 Å². The SMILES string of the molecule is Cc1nnc(CNC(=NCc2ccccc2)NCC(C)Oc2ccc(F)cc2)n1C. The lowest BCUT2D eigenvalue weighted by Crippen LogP contribution is -2.42. The number of aryl methyl sites for hydroxylation is 1. The Bertz CT molecular complexity index is 956. The average molecular weight is 410 g/mol. The van der Waals surface area contributed by atoms with E-state index in [0.29, 0.717) is 31.3 Å². The lowest BCUT2D eigenvalue weighted by atomic mass is 10.2. The van der Waals surface area contributed by atoms with Gasteiger partial charge in [-0.05, 0) is 43.7 Å². The normalized spacial score (nSPS) is 12.5. The van der Waals surface area contributed by atoms with Gasteiger partial charge in [-0.1, -0.05) is 30.3 Å². The number of ether oxygens (including phenoxy) is 1. The molecule has 8 heteroatoms. The number of rotatable bonds is 8. The Hall–Kier alpha value is -3.42. The molecule has 158 valence electrons. The Balaban J connectivity index is 1.60. The highest BCUT2D eigenvalue weighted by Gasteiger charge is 2.09. The summed E-state index contributed by atoms with van der Waals surface area (Å²) in [7, 11) is 1.93. The molecule has 2 aromatic carbocycles. The molecule has 0 fully saturated rings. The summed E-state index contributed by atoms with van der Waals surface area (Å²) < 4.78 is 20.8. The van der Waals surface area contributed by atoms with E-state index in [9.17, 15) is 4.39 Å². The van der Waals surface area contributed by atoms with Crippen LogP contribution in [0.3, 0.4) is 0 Å². The van der Waals surface area contributed by atoms with Crippen LogP contribution in [0.1, 0.15) is 24.1 Å². The van der Waals surface area contributed by atoms with Crippen LogP contribution < -0.4 is 15.4 Å². The summed E-state index contributed by atoms with van der Waals surface area (Å²) in [6.45, 7) is 5.41. The van der Waals surface area contributed by atoms with Gasteiger partial charge in [-0.2, -0.15) is 0 Å². The molecule has 0 saturated carbocycles. The topological polar surface area (TPSA) is 76.4 Å². The molecule has 0 saturated heterocycles. The lowest BCUT2D eigenvalue weighted by Gasteiger charge is -2.18. The molecule has 0 amide bonds. The van der Waals surface area contributed by atoms with Gasteiger partial charge in [0.2, 0.25) is 0 Å². The van der Waals surface area contributed by atoms with Crippen LogP contribution in [-0.2, 0) is 20.1 Å². The second-order valence-electron chi connectivity index (χ2n) is 6.99. The summed E-state index contributed by atoms with van der Waals surface area (Å²) in [5.74, 6) is 2.65. The van der Waals surface area contributed by atoms with E-state index in [1.165, 1.54) is 12.1 Å². The third kappa shape index (κ3) is 6.30. The lowest BCUT2D eigenvalue weighted by molar-refractivity contribution is 0.223. The first-order valence-corrected chi connectivity index (χ1v) is 9.84. The Kier molecular flexibility index (Phi) is 7.37. The molecule has 7 nitrogen and oxygen atoms in total. The van der Waals surface area contributed by atoms with Crippen molar-refractivity contribution < 1.29 is 9.13 Å². The van der Waals surface area contributed by atoms with Gasteiger partial charge in [0.05, 0.1) is 19.6 Å². The molecule has 0 aliphatic rings. The largest absolute Gasteiger partial charge is 0.489 e. The van der Waals surface area contributed by atoms with E-state index in [-0.39, 0.29) is 11.9 Å². The van der Waals surface area contributed by atoms with Crippen LogP contribution in [0, 0.1) is 12.7 Å². The number of guanidine groups is 1. The van der Waals surface area contributed by atoms with Crippen LogP contribution >= 0.6 is 0 Å². The van der Waals surface area contributed by atoms with Crippen molar-refractivity contribution in [2.24, 2.45) is 12.0 Å². The van der Waals surface area contributed by atoms with Crippen molar-refractivity contribution in [3.05, 3.63) is 77.6 Å². The molecule has 3 aromatic rings. The maximum Gasteiger partial charge on any atom is 0.192 e. The van der Waals surface area contributed by atoms with Crippen molar-refractivity contribution in [1.29, 1.82) is 0 Å². The predicted octanol–water partition coefficient (Wildman–Crippen LogP) is 2.97. The van der Waals surface area contributed by atoms with Crippen LogP contribution in [0.2, 0.25) is 0 Å². The zero-order valence-electron chi connectivity index (χ0n) is 17.5. The highest BCUT2D eigenvalue weighted by molar-refractivity contribution is 5.79. The fraction of sp³-hybridized carbons (Fsp3) is 0.318. The molecule has 0 bridgehead atoms. The van der Waals surface area contributed by atoms with Crippen molar-refractivity contribution in [2.45, 2.75) is 33.0 Å². The van der Waals surface area contributed by atoms with Crippen LogP contribution in [0.5, 0.6) is 5.75 Å². The maximum absolute atomic E-state index is 13.1. The minimum Gasteiger partial charge on any atom is -0.489 e. The van der Waals surface area contributed by atoms with Crippen molar-refractivity contribution >= 4 is 5.96 Å². The Morgan fingerprint density at radius 2 is 1.83 bits per heavy atom. The predicted molar refractivity (Wildman–Crippen MR) is 115 cm³/mol. The van der Waals surface area contributed by atoms with Gasteiger partial charge in [0.25, 0.3) is 0 Å². The number of halogens is 1. The first kappa shape index (κ1) is 21.3. The molecule has 1 atom stereocenters. The first-order valence-electron chi connectivity index (χ1n) is 9.84. The van der Waals surface area contributed by atoms with E-state index in [1.807, 2.05) is 55.8 Å². The zero-order chi connectivity index (χ0) is 21.3. The molecule has 0 aliphatic carbocycles. The zero-order valence-corrected chi connectivity index (χ0v) is 17.5. The number of benzene rings is 2. The highest BCUT2D eigenvalue weighted by Crippen LogP contribution is 2.12. The Morgan fingerprint density at radius 3 is 2.50 bits per heavy atom. The van der Waals surface area contributed by atoms with Gasteiger partial charge in [-0.3, -0.25) is 0 Å². The second-order valence-corrected chi connectivity index (χ2v) is 6.99. The molecular weight excluding hydrogens is 383 g/mol.